The van der Waals surface area contributed by atoms with Crippen molar-refractivity contribution in [3.63, 3.8) is 0 Å². The number of carbonyl (C=O) groups excluding carboxylic acids is 1. The summed E-state index contributed by atoms with van der Waals surface area (Å²) in [7, 11) is 0. The second kappa shape index (κ2) is 4.66. The van der Waals surface area contributed by atoms with Gasteiger partial charge in [0, 0.05) is 12.8 Å². The summed E-state index contributed by atoms with van der Waals surface area (Å²) < 4.78 is 0. The molecule has 0 saturated carbocycles. The normalized spacial score (nSPS) is 22.9. The highest BCUT2D eigenvalue weighted by molar-refractivity contribution is 5.76. The zero-order valence-electron chi connectivity index (χ0n) is 9.44. The molecule has 1 aromatic carbocycles. The largest absolute Gasteiger partial charge is 0.390 e. The third-order valence-electron chi connectivity index (χ3n) is 3.00. The molecule has 3 nitrogen and oxygen atoms in total. The van der Waals surface area contributed by atoms with Crippen LogP contribution in [0.4, 0.5) is 0 Å². The van der Waals surface area contributed by atoms with Gasteiger partial charge in [-0.2, -0.15) is 0 Å². The van der Waals surface area contributed by atoms with E-state index in [0.717, 1.165) is 17.5 Å². The lowest BCUT2D eigenvalue weighted by atomic mass is 10.1. The Balaban J connectivity index is 2.13. The fourth-order valence-corrected chi connectivity index (χ4v) is 2.22. The highest BCUT2D eigenvalue weighted by Gasteiger charge is 2.31. The zero-order chi connectivity index (χ0) is 11.5. The Kier molecular flexibility index (Phi) is 3.25. The zero-order valence-corrected chi connectivity index (χ0v) is 9.44. The number of carbonyl (C=O) groups is 1. The van der Waals surface area contributed by atoms with Crippen LogP contribution in [0.5, 0.6) is 0 Å². The van der Waals surface area contributed by atoms with E-state index in [0.29, 0.717) is 12.8 Å². The maximum atomic E-state index is 11.5. The Morgan fingerprint density at radius 2 is 2.25 bits per heavy atom. The van der Waals surface area contributed by atoms with Crippen LogP contribution in [0.15, 0.2) is 24.3 Å². The lowest BCUT2D eigenvalue weighted by Crippen LogP contribution is -2.33. The van der Waals surface area contributed by atoms with Gasteiger partial charge in [-0.1, -0.05) is 31.2 Å². The van der Waals surface area contributed by atoms with Crippen molar-refractivity contribution < 1.29 is 9.90 Å². The SMILES string of the molecule is CCCC(=O)NC1c2ccccc2CC1O. The van der Waals surface area contributed by atoms with Crippen LogP contribution in [0.3, 0.4) is 0 Å². The number of aliphatic hydroxyl groups is 1. The fourth-order valence-electron chi connectivity index (χ4n) is 2.22. The number of hydrogen-bond donors (Lipinski definition) is 2. The third kappa shape index (κ3) is 2.09. The first-order valence-corrected chi connectivity index (χ1v) is 5.77. The van der Waals surface area contributed by atoms with Crippen molar-refractivity contribution >= 4 is 5.91 Å². The number of hydrogen-bond acceptors (Lipinski definition) is 2. The van der Waals surface area contributed by atoms with Gasteiger partial charge in [0.1, 0.15) is 0 Å². The lowest BCUT2D eigenvalue weighted by Gasteiger charge is -2.17. The van der Waals surface area contributed by atoms with Crippen LogP contribution < -0.4 is 5.32 Å². The van der Waals surface area contributed by atoms with Crippen molar-refractivity contribution in [2.24, 2.45) is 0 Å². The lowest BCUT2D eigenvalue weighted by molar-refractivity contribution is -0.122. The number of nitrogens with one attached hydrogen (secondary N) is 1. The van der Waals surface area contributed by atoms with Gasteiger partial charge in [-0.15, -0.1) is 0 Å². The molecule has 2 unspecified atom stereocenters. The van der Waals surface area contributed by atoms with Gasteiger partial charge in [0.2, 0.25) is 5.91 Å². The number of benzene rings is 1. The van der Waals surface area contributed by atoms with Gasteiger partial charge in [-0.25, -0.2) is 0 Å². The Labute approximate surface area is 95.5 Å². The molecule has 0 spiro atoms. The summed E-state index contributed by atoms with van der Waals surface area (Å²) >= 11 is 0. The van der Waals surface area contributed by atoms with Crippen molar-refractivity contribution in [3.05, 3.63) is 35.4 Å². The molecule has 86 valence electrons. The maximum absolute atomic E-state index is 11.5. The predicted octanol–water partition coefficient (Wildman–Crippen LogP) is 1.56. The van der Waals surface area contributed by atoms with Gasteiger partial charge in [0.25, 0.3) is 0 Å². The molecule has 2 atom stereocenters. The van der Waals surface area contributed by atoms with Crippen LogP contribution in [-0.2, 0) is 11.2 Å². The molecule has 0 saturated heterocycles. The van der Waals surface area contributed by atoms with E-state index in [9.17, 15) is 9.90 Å². The van der Waals surface area contributed by atoms with Crippen molar-refractivity contribution in [1.29, 1.82) is 0 Å². The average Bonchev–Trinajstić information content (AvgIpc) is 2.56. The first kappa shape index (κ1) is 11.1. The number of amides is 1. The molecule has 2 N–H and O–H groups in total. The van der Waals surface area contributed by atoms with Crippen LogP contribution in [0.2, 0.25) is 0 Å². The monoisotopic (exact) mass is 219 g/mol. The molecule has 1 aliphatic carbocycles. The quantitative estimate of drug-likeness (QED) is 0.810. The Bertz CT molecular complexity index is 389. The third-order valence-corrected chi connectivity index (χ3v) is 3.00. The molecular formula is C13H17NO2. The highest BCUT2D eigenvalue weighted by Crippen LogP contribution is 2.31. The molecule has 0 radical (unpaired) electrons. The van der Waals surface area contributed by atoms with Gasteiger partial charge >= 0.3 is 0 Å². The second-order valence-corrected chi connectivity index (χ2v) is 4.27. The van der Waals surface area contributed by atoms with Gasteiger partial charge in [-0.05, 0) is 17.5 Å². The molecule has 3 heteroatoms. The summed E-state index contributed by atoms with van der Waals surface area (Å²) in [4.78, 5) is 11.5. The van der Waals surface area contributed by atoms with Gasteiger partial charge in [0.05, 0.1) is 12.1 Å². The first-order valence-electron chi connectivity index (χ1n) is 5.77. The maximum Gasteiger partial charge on any atom is 0.220 e. The van der Waals surface area contributed by atoms with Crippen molar-refractivity contribution in [2.75, 3.05) is 0 Å². The number of rotatable bonds is 3. The number of fused-ring (bicyclic) bond motifs is 1. The molecule has 0 aromatic heterocycles. The van der Waals surface area contributed by atoms with Gasteiger partial charge < -0.3 is 10.4 Å². The minimum atomic E-state index is -0.488. The summed E-state index contributed by atoms with van der Waals surface area (Å²) in [5.41, 5.74) is 2.19. The Morgan fingerprint density at radius 1 is 1.50 bits per heavy atom. The molecule has 0 bridgehead atoms. The molecule has 1 aromatic rings. The number of aliphatic hydroxyl groups excluding tert-OH is 1. The van der Waals surface area contributed by atoms with Crippen LogP contribution in [0.25, 0.3) is 0 Å². The van der Waals surface area contributed by atoms with E-state index in [4.69, 9.17) is 0 Å². The smallest absolute Gasteiger partial charge is 0.220 e. The molecular weight excluding hydrogens is 202 g/mol. The van der Waals surface area contributed by atoms with Crippen molar-refractivity contribution in [1.82, 2.24) is 5.32 Å². The average molecular weight is 219 g/mol. The van der Waals surface area contributed by atoms with Crippen molar-refractivity contribution in [2.45, 2.75) is 38.3 Å². The van der Waals surface area contributed by atoms with Crippen molar-refractivity contribution in [3.8, 4) is 0 Å². The summed E-state index contributed by atoms with van der Waals surface area (Å²) in [6.45, 7) is 1.97. The summed E-state index contributed by atoms with van der Waals surface area (Å²) in [5.74, 6) is 0.0169. The van der Waals surface area contributed by atoms with Gasteiger partial charge in [0.15, 0.2) is 0 Å². The molecule has 16 heavy (non-hydrogen) atoms. The van der Waals surface area contributed by atoms with E-state index < -0.39 is 6.10 Å². The van der Waals surface area contributed by atoms with E-state index in [2.05, 4.69) is 5.32 Å². The van der Waals surface area contributed by atoms with E-state index in [1.165, 1.54) is 0 Å². The molecule has 0 heterocycles. The molecule has 1 amide bonds. The summed E-state index contributed by atoms with van der Waals surface area (Å²) in [6.07, 6.45) is 1.49. The summed E-state index contributed by atoms with van der Waals surface area (Å²) in [5, 5.41) is 12.8. The Morgan fingerprint density at radius 3 is 3.00 bits per heavy atom. The van der Waals surface area contributed by atoms with E-state index in [1.54, 1.807) is 0 Å². The molecule has 2 rings (SSSR count). The topological polar surface area (TPSA) is 49.3 Å². The minimum Gasteiger partial charge on any atom is -0.390 e. The van der Waals surface area contributed by atoms with Crippen LogP contribution >= 0.6 is 0 Å². The summed E-state index contributed by atoms with van der Waals surface area (Å²) in [6, 6.07) is 7.65. The second-order valence-electron chi connectivity index (χ2n) is 4.27. The van der Waals surface area contributed by atoms with Crippen LogP contribution in [0.1, 0.15) is 36.9 Å². The highest BCUT2D eigenvalue weighted by atomic mass is 16.3. The van der Waals surface area contributed by atoms with E-state index >= 15 is 0 Å². The molecule has 0 aliphatic heterocycles. The minimum absolute atomic E-state index is 0.0169. The molecule has 1 aliphatic rings. The van der Waals surface area contributed by atoms with Crippen LogP contribution in [0, 0.1) is 0 Å². The van der Waals surface area contributed by atoms with Gasteiger partial charge in [-0.3, -0.25) is 4.79 Å². The molecule has 0 fully saturated rings. The first-order chi connectivity index (χ1) is 7.72. The Hall–Kier alpha value is -1.35. The van der Waals surface area contributed by atoms with E-state index in [-0.39, 0.29) is 11.9 Å². The van der Waals surface area contributed by atoms with Crippen LogP contribution in [-0.4, -0.2) is 17.1 Å². The predicted molar refractivity (Wildman–Crippen MR) is 61.9 cm³/mol. The fraction of sp³-hybridized carbons (Fsp3) is 0.462. The standard InChI is InChI=1S/C13H17NO2/c1-2-5-12(16)14-13-10-7-4-3-6-9(10)8-11(13)15/h3-4,6-7,11,13,15H,2,5,8H2,1H3,(H,14,16). The van der Waals surface area contributed by atoms with E-state index in [1.807, 2.05) is 31.2 Å².